The molecular formula is C15H17N3O. The molecule has 4 heteroatoms. The van der Waals surface area contributed by atoms with E-state index in [-0.39, 0.29) is 11.9 Å². The van der Waals surface area contributed by atoms with E-state index in [1.54, 1.807) is 18.3 Å². The van der Waals surface area contributed by atoms with Crippen LogP contribution in [0.15, 0.2) is 42.6 Å². The normalized spacial score (nSPS) is 11.9. The van der Waals surface area contributed by atoms with Gasteiger partial charge in [-0.2, -0.15) is 0 Å². The van der Waals surface area contributed by atoms with E-state index in [2.05, 4.69) is 10.3 Å². The standard InChI is InChI=1S/C15H17N3O/c1-10-6-7-12(9-13(10)16)15(19)18-11(2)14-5-3-4-8-17-14/h3-9,11H,16H2,1-2H3,(H,18,19). The summed E-state index contributed by atoms with van der Waals surface area (Å²) in [7, 11) is 0. The molecule has 0 bridgehead atoms. The highest BCUT2D eigenvalue weighted by molar-refractivity contribution is 5.95. The number of anilines is 1. The van der Waals surface area contributed by atoms with Crippen LogP contribution in [0, 0.1) is 6.92 Å². The Hall–Kier alpha value is -2.36. The molecule has 1 atom stereocenters. The van der Waals surface area contributed by atoms with E-state index in [1.165, 1.54) is 0 Å². The van der Waals surface area contributed by atoms with Gasteiger partial charge in [0.25, 0.3) is 5.91 Å². The summed E-state index contributed by atoms with van der Waals surface area (Å²) in [5.41, 5.74) is 8.79. The number of aromatic nitrogens is 1. The first-order chi connectivity index (χ1) is 9.08. The van der Waals surface area contributed by atoms with Gasteiger partial charge in [0, 0.05) is 17.4 Å². The number of hydrogen-bond acceptors (Lipinski definition) is 3. The third kappa shape index (κ3) is 3.10. The molecule has 0 radical (unpaired) electrons. The number of hydrogen-bond donors (Lipinski definition) is 2. The molecule has 1 unspecified atom stereocenters. The van der Waals surface area contributed by atoms with Gasteiger partial charge in [-0.15, -0.1) is 0 Å². The quantitative estimate of drug-likeness (QED) is 0.828. The smallest absolute Gasteiger partial charge is 0.251 e. The van der Waals surface area contributed by atoms with E-state index >= 15 is 0 Å². The average Bonchev–Trinajstić information content (AvgIpc) is 2.42. The fourth-order valence-electron chi connectivity index (χ4n) is 1.77. The molecule has 0 spiro atoms. The van der Waals surface area contributed by atoms with Crippen LogP contribution in [0.25, 0.3) is 0 Å². The Bertz CT molecular complexity index is 581. The summed E-state index contributed by atoms with van der Waals surface area (Å²) >= 11 is 0. The molecule has 0 aliphatic heterocycles. The lowest BCUT2D eigenvalue weighted by molar-refractivity contribution is 0.0939. The zero-order valence-electron chi connectivity index (χ0n) is 11.1. The van der Waals surface area contributed by atoms with Gasteiger partial charge in [0.15, 0.2) is 0 Å². The van der Waals surface area contributed by atoms with Gasteiger partial charge < -0.3 is 11.1 Å². The minimum Gasteiger partial charge on any atom is -0.398 e. The van der Waals surface area contributed by atoms with Gasteiger partial charge >= 0.3 is 0 Å². The van der Waals surface area contributed by atoms with E-state index < -0.39 is 0 Å². The average molecular weight is 255 g/mol. The van der Waals surface area contributed by atoms with E-state index in [0.717, 1.165) is 11.3 Å². The maximum absolute atomic E-state index is 12.1. The molecule has 2 rings (SSSR count). The van der Waals surface area contributed by atoms with Crippen molar-refractivity contribution in [1.82, 2.24) is 10.3 Å². The summed E-state index contributed by atoms with van der Waals surface area (Å²) in [4.78, 5) is 16.3. The lowest BCUT2D eigenvalue weighted by Gasteiger charge is -2.13. The third-order valence-electron chi connectivity index (χ3n) is 3.02. The molecule has 1 amide bonds. The number of carbonyl (C=O) groups is 1. The van der Waals surface area contributed by atoms with Crippen molar-refractivity contribution in [2.24, 2.45) is 0 Å². The van der Waals surface area contributed by atoms with Crippen molar-refractivity contribution >= 4 is 11.6 Å². The number of nitrogens with zero attached hydrogens (tertiary/aromatic N) is 1. The first-order valence-electron chi connectivity index (χ1n) is 6.16. The summed E-state index contributed by atoms with van der Waals surface area (Å²) in [5.74, 6) is -0.148. The highest BCUT2D eigenvalue weighted by Crippen LogP contribution is 2.14. The second-order valence-corrected chi connectivity index (χ2v) is 4.52. The number of nitrogens with two attached hydrogens (primary N) is 1. The number of nitrogens with one attached hydrogen (secondary N) is 1. The number of amides is 1. The zero-order chi connectivity index (χ0) is 13.8. The van der Waals surface area contributed by atoms with Crippen molar-refractivity contribution in [2.75, 3.05) is 5.73 Å². The van der Waals surface area contributed by atoms with Crippen LogP contribution in [-0.4, -0.2) is 10.9 Å². The van der Waals surface area contributed by atoms with Crippen LogP contribution in [0.4, 0.5) is 5.69 Å². The van der Waals surface area contributed by atoms with Crippen LogP contribution in [-0.2, 0) is 0 Å². The minimum atomic E-state index is -0.148. The summed E-state index contributed by atoms with van der Waals surface area (Å²) in [6.07, 6.45) is 1.71. The van der Waals surface area contributed by atoms with Crippen LogP contribution < -0.4 is 11.1 Å². The monoisotopic (exact) mass is 255 g/mol. The van der Waals surface area contributed by atoms with Crippen molar-refractivity contribution in [3.05, 3.63) is 59.4 Å². The molecule has 0 fully saturated rings. The molecule has 19 heavy (non-hydrogen) atoms. The SMILES string of the molecule is Cc1ccc(C(=O)NC(C)c2ccccn2)cc1N. The minimum absolute atomic E-state index is 0.142. The summed E-state index contributed by atoms with van der Waals surface area (Å²) < 4.78 is 0. The predicted octanol–water partition coefficient (Wildman–Crippen LogP) is 2.46. The molecule has 1 aromatic carbocycles. The zero-order valence-corrected chi connectivity index (χ0v) is 11.1. The summed E-state index contributed by atoms with van der Waals surface area (Å²) in [5, 5.41) is 2.90. The fraction of sp³-hybridized carbons (Fsp3) is 0.200. The van der Waals surface area contributed by atoms with Crippen molar-refractivity contribution < 1.29 is 4.79 Å². The Labute approximate surface area is 112 Å². The van der Waals surface area contributed by atoms with Crippen LogP contribution in [0.2, 0.25) is 0 Å². The molecule has 0 aliphatic rings. The van der Waals surface area contributed by atoms with Gasteiger partial charge in [0.2, 0.25) is 0 Å². The highest BCUT2D eigenvalue weighted by atomic mass is 16.1. The van der Waals surface area contributed by atoms with Gasteiger partial charge in [-0.25, -0.2) is 0 Å². The highest BCUT2D eigenvalue weighted by Gasteiger charge is 2.12. The van der Waals surface area contributed by atoms with E-state index in [4.69, 9.17) is 5.73 Å². The fourth-order valence-corrected chi connectivity index (χ4v) is 1.77. The number of nitrogen functional groups attached to an aromatic ring is 1. The maximum atomic E-state index is 12.1. The largest absolute Gasteiger partial charge is 0.398 e. The third-order valence-corrected chi connectivity index (χ3v) is 3.02. The first kappa shape index (κ1) is 13.1. The molecule has 3 N–H and O–H groups in total. The molecule has 2 aromatic rings. The van der Waals surface area contributed by atoms with E-state index in [0.29, 0.717) is 11.3 Å². The number of rotatable bonds is 3. The van der Waals surface area contributed by atoms with Gasteiger partial charge in [-0.05, 0) is 43.7 Å². The Balaban J connectivity index is 2.11. The Morgan fingerprint density at radius 1 is 1.32 bits per heavy atom. The lowest BCUT2D eigenvalue weighted by Crippen LogP contribution is -2.27. The summed E-state index contributed by atoms with van der Waals surface area (Å²) in [6.45, 7) is 3.81. The second-order valence-electron chi connectivity index (χ2n) is 4.52. The molecule has 0 aliphatic carbocycles. The second kappa shape index (κ2) is 5.52. The first-order valence-corrected chi connectivity index (χ1v) is 6.16. The molecule has 1 aromatic heterocycles. The lowest BCUT2D eigenvalue weighted by atomic mass is 10.1. The van der Waals surface area contributed by atoms with Crippen molar-refractivity contribution in [3.8, 4) is 0 Å². The van der Waals surface area contributed by atoms with E-state index in [1.807, 2.05) is 38.1 Å². The Kier molecular flexibility index (Phi) is 3.80. The number of aryl methyl sites for hydroxylation is 1. The number of carbonyl (C=O) groups excluding carboxylic acids is 1. The van der Waals surface area contributed by atoms with Gasteiger partial charge in [-0.1, -0.05) is 12.1 Å². The molecule has 0 saturated carbocycles. The van der Waals surface area contributed by atoms with Crippen molar-refractivity contribution in [1.29, 1.82) is 0 Å². The van der Waals surface area contributed by atoms with Crippen LogP contribution >= 0.6 is 0 Å². The van der Waals surface area contributed by atoms with Crippen LogP contribution in [0.1, 0.15) is 34.6 Å². The molecule has 98 valence electrons. The van der Waals surface area contributed by atoms with Crippen LogP contribution in [0.5, 0.6) is 0 Å². The summed E-state index contributed by atoms with van der Waals surface area (Å²) in [6, 6.07) is 10.8. The molecule has 4 nitrogen and oxygen atoms in total. The number of benzene rings is 1. The van der Waals surface area contributed by atoms with E-state index in [9.17, 15) is 4.79 Å². The topological polar surface area (TPSA) is 68.0 Å². The maximum Gasteiger partial charge on any atom is 0.251 e. The molecule has 0 saturated heterocycles. The molecule has 1 heterocycles. The van der Waals surface area contributed by atoms with Gasteiger partial charge in [0.05, 0.1) is 11.7 Å². The van der Waals surface area contributed by atoms with Gasteiger partial charge in [0.1, 0.15) is 0 Å². The van der Waals surface area contributed by atoms with Crippen LogP contribution in [0.3, 0.4) is 0 Å². The van der Waals surface area contributed by atoms with Crippen molar-refractivity contribution in [3.63, 3.8) is 0 Å². The van der Waals surface area contributed by atoms with Crippen molar-refractivity contribution in [2.45, 2.75) is 19.9 Å². The molecular weight excluding hydrogens is 238 g/mol. The Morgan fingerprint density at radius 3 is 2.74 bits per heavy atom. The Morgan fingerprint density at radius 2 is 2.11 bits per heavy atom. The number of pyridine rings is 1. The van der Waals surface area contributed by atoms with Gasteiger partial charge in [-0.3, -0.25) is 9.78 Å². The predicted molar refractivity (Wildman–Crippen MR) is 75.7 cm³/mol.